The molecule has 0 aromatic carbocycles. The zero-order valence-corrected chi connectivity index (χ0v) is 16.6. The third kappa shape index (κ3) is 3.32. The second-order valence-corrected chi connectivity index (χ2v) is 7.47. The fourth-order valence-electron chi connectivity index (χ4n) is 3.15. The summed E-state index contributed by atoms with van der Waals surface area (Å²) in [5, 5.41) is 7.10. The summed E-state index contributed by atoms with van der Waals surface area (Å²) in [6, 6.07) is 5.94. The Morgan fingerprint density at radius 3 is 2.67 bits per heavy atom. The van der Waals surface area contributed by atoms with Crippen LogP contribution in [0.5, 0.6) is 0 Å². The lowest BCUT2D eigenvalue weighted by atomic mass is 10.1. The molecule has 0 saturated heterocycles. The van der Waals surface area contributed by atoms with Crippen molar-refractivity contribution in [1.29, 1.82) is 0 Å². The topological polar surface area (TPSA) is 116 Å². The van der Waals surface area contributed by atoms with Crippen molar-refractivity contribution >= 4 is 39.1 Å². The van der Waals surface area contributed by atoms with Crippen LogP contribution in [-0.2, 0) is 7.05 Å². The number of fused-ring (bicyclic) bond motifs is 1. The van der Waals surface area contributed by atoms with Crippen molar-refractivity contribution in [3.05, 3.63) is 52.5 Å². The maximum absolute atomic E-state index is 13.4. The Morgan fingerprint density at radius 1 is 1.33 bits per heavy atom. The van der Waals surface area contributed by atoms with E-state index in [-0.39, 0.29) is 32.4 Å². The number of furan rings is 1. The van der Waals surface area contributed by atoms with E-state index in [9.17, 15) is 18.4 Å². The minimum absolute atomic E-state index is 0.0102. The third-order valence-electron chi connectivity index (χ3n) is 4.39. The number of aryl methyl sites for hydroxylation is 2. The van der Waals surface area contributed by atoms with Gasteiger partial charge < -0.3 is 15.5 Å². The van der Waals surface area contributed by atoms with E-state index in [0.717, 1.165) is 11.3 Å². The predicted molar refractivity (Wildman–Crippen MR) is 107 cm³/mol. The molecular formula is C19H15F2N5O3S. The Morgan fingerprint density at radius 2 is 2.10 bits per heavy atom. The first-order valence-corrected chi connectivity index (χ1v) is 9.49. The van der Waals surface area contributed by atoms with Crippen LogP contribution in [0.4, 0.5) is 14.5 Å². The summed E-state index contributed by atoms with van der Waals surface area (Å²) in [5.41, 5.74) is 6.25. The summed E-state index contributed by atoms with van der Waals surface area (Å²) >= 11 is 0.824. The van der Waals surface area contributed by atoms with Crippen LogP contribution in [0.2, 0.25) is 0 Å². The molecule has 2 amide bonds. The summed E-state index contributed by atoms with van der Waals surface area (Å²) in [6.45, 7) is 1.73. The number of nitrogens with two attached hydrogens (primary N) is 1. The maximum atomic E-state index is 13.4. The highest BCUT2D eigenvalue weighted by Gasteiger charge is 2.26. The van der Waals surface area contributed by atoms with Gasteiger partial charge in [-0.2, -0.15) is 5.10 Å². The zero-order chi connectivity index (χ0) is 21.6. The monoisotopic (exact) mass is 431 g/mol. The summed E-state index contributed by atoms with van der Waals surface area (Å²) in [6.07, 6.45) is -1.44. The molecular weight excluding hydrogens is 416 g/mol. The van der Waals surface area contributed by atoms with Crippen molar-refractivity contribution in [2.24, 2.45) is 12.8 Å². The fourth-order valence-corrected chi connectivity index (χ4v) is 4.16. The van der Waals surface area contributed by atoms with Gasteiger partial charge in [0.05, 0.1) is 17.6 Å². The van der Waals surface area contributed by atoms with E-state index in [4.69, 9.17) is 10.2 Å². The van der Waals surface area contributed by atoms with E-state index in [2.05, 4.69) is 15.4 Å². The van der Waals surface area contributed by atoms with Gasteiger partial charge in [-0.25, -0.2) is 13.8 Å². The number of alkyl halides is 2. The highest BCUT2D eigenvalue weighted by molar-refractivity contribution is 7.21. The van der Waals surface area contributed by atoms with Crippen LogP contribution in [0.1, 0.15) is 38.0 Å². The Bertz CT molecular complexity index is 1280. The number of thiophene rings is 1. The molecule has 0 fully saturated rings. The van der Waals surface area contributed by atoms with E-state index >= 15 is 0 Å². The molecule has 0 spiro atoms. The Hall–Kier alpha value is -3.60. The third-order valence-corrected chi connectivity index (χ3v) is 5.49. The molecule has 0 aliphatic heterocycles. The van der Waals surface area contributed by atoms with Gasteiger partial charge in [0.15, 0.2) is 0 Å². The molecule has 0 saturated carbocycles. The zero-order valence-electron chi connectivity index (χ0n) is 15.8. The van der Waals surface area contributed by atoms with E-state index in [0.29, 0.717) is 11.1 Å². The molecule has 0 bridgehead atoms. The smallest absolute Gasteiger partial charge is 0.280 e. The first-order chi connectivity index (χ1) is 14.3. The minimum atomic E-state index is -2.84. The average molecular weight is 431 g/mol. The van der Waals surface area contributed by atoms with Gasteiger partial charge in [0.25, 0.3) is 18.2 Å². The molecule has 0 radical (unpaired) electrons. The van der Waals surface area contributed by atoms with Gasteiger partial charge in [-0.3, -0.25) is 14.3 Å². The number of carbonyl (C=O) groups excluding carboxylic acids is 2. The van der Waals surface area contributed by atoms with Crippen LogP contribution in [0, 0.1) is 6.92 Å². The lowest BCUT2D eigenvalue weighted by molar-refractivity contribution is 0.100. The number of primary amides is 1. The van der Waals surface area contributed by atoms with Crippen molar-refractivity contribution in [2.45, 2.75) is 13.3 Å². The molecule has 0 atom stereocenters. The van der Waals surface area contributed by atoms with Crippen LogP contribution >= 0.6 is 11.3 Å². The van der Waals surface area contributed by atoms with Gasteiger partial charge in [0, 0.05) is 18.0 Å². The normalized spacial score (nSPS) is 11.4. The molecule has 11 heteroatoms. The molecule has 154 valence electrons. The van der Waals surface area contributed by atoms with E-state index in [1.54, 1.807) is 32.2 Å². The number of hydrogen-bond acceptors (Lipinski definition) is 6. The Labute approximate surface area is 172 Å². The molecule has 4 rings (SSSR count). The van der Waals surface area contributed by atoms with Crippen LogP contribution in [-0.4, -0.2) is 26.6 Å². The molecule has 0 unspecified atom stereocenters. The first kappa shape index (κ1) is 19.7. The summed E-state index contributed by atoms with van der Waals surface area (Å²) < 4.78 is 33.6. The average Bonchev–Trinajstić information content (AvgIpc) is 3.40. The summed E-state index contributed by atoms with van der Waals surface area (Å²) in [7, 11) is 1.60. The quantitative estimate of drug-likeness (QED) is 0.497. The summed E-state index contributed by atoms with van der Waals surface area (Å²) in [4.78, 5) is 29.0. The Kier molecular flexibility index (Phi) is 4.82. The highest BCUT2D eigenvalue weighted by atomic mass is 32.1. The lowest BCUT2D eigenvalue weighted by Crippen LogP contribution is -2.19. The number of anilines is 1. The SMILES string of the molecule is Cc1cc(C(=O)Nc2c(C(N)=O)sc3nc(C(F)F)cc(-c4ccco4)c23)n(C)n1. The first-order valence-electron chi connectivity index (χ1n) is 8.67. The van der Waals surface area contributed by atoms with Crippen molar-refractivity contribution in [3.8, 4) is 11.3 Å². The van der Waals surface area contributed by atoms with E-state index in [1.165, 1.54) is 17.0 Å². The Balaban J connectivity index is 1.95. The number of aromatic nitrogens is 3. The van der Waals surface area contributed by atoms with E-state index in [1.807, 2.05) is 0 Å². The van der Waals surface area contributed by atoms with Crippen molar-refractivity contribution in [3.63, 3.8) is 0 Å². The van der Waals surface area contributed by atoms with Gasteiger partial charge in [-0.05, 0) is 31.2 Å². The second-order valence-electron chi connectivity index (χ2n) is 6.47. The fraction of sp³-hybridized carbons (Fsp3) is 0.158. The molecule has 4 aromatic heterocycles. The molecule has 8 nitrogen and oxygen atoms in total. The largest absolute Gasteiger partial charge is 0.464 e. The number of halogens is 2. The second kappa shape index (κ2) is 7.34. The molecule has 0 aliphatic rings. The van der Waals surface area contributed by atoms with Crippen molar-refractivity contribution in [2.75, 3.05) is 5.32 Å². The number of rotatable bonds is 5. The van der Waals surface area contributed by atoms with E-state index < -0.39 is 23.9 Å². The van der Waals surface area contributed by atoms with Crippen LogP contribution in [0.3, 0.4) is 0 Å². The number of amides is 2. The van der Waals surface area contributed by atoms with Crippen LogP contribution in [0.25, 0.3) is 21.5 Å². The molecule has 4 heterocycles. The number of hydrogen-bond donors (Lipinski definition) is 2. The minimum Gasteiger partial charge on any atom is -0.464 e. The standard InChI is InChI=1S/C19H15F2N5O3S/c1-8-6-11(26(2)25-8)18(28)24-14-13-9(12-4-3-5-29-12)7-10(16(20)21)23-19(13)30-15(14)17(22)27/h3-7,16H,1-2H3,(H2,22,27)(H,24,28). The van der Waals surface area contributed by atoms with Gasteiger partial charge in [-0.1, -0.05) is 0 Å². The number of carbonyl (C=O) groups is 2. The van der Waals surface area contributed by atoms with Crippen molar-refractivity contribution in [1.82, 2.24) is 14.8 Å². The molecule has 0 aliphatic carbocycles. The highest BCUT2D eigenvalue weighted by Crippen LogP contribution is 2.42. The molecule has 30 heavy (non-hydrogen) atoms. The van der Waals surface area contributed by atoms with Crippen LogP contribution < -0.4 is 11.1 Å². The molecule has 4 aromatic rings. The van der Waals surface area contributed by atoms with Crippen LogP contribution in [0.15, 0.2) is 34.9 Å². The maximum Gasteiger partial charge on any atom is 0.280 e. The number of nitrogens with one attached hydrogen (secondary N) is 1. The van der Waals surface area contributed by atoms with Crippen molar-refractivity contribution < 1.29 is 22.8 Å². The summed E-state index contributed by atoms with van der Waals surface area (Å²) in [5.74, 6) is -1.08. The van der Waals surface area contributed by atoms with Gasteiger partial charge in [0.1, 0.15) is 26.9 Å². The number of nitrogens with zero attached hydrogens (tertiary/aromatic N) is 3. The van der Waals surface area contributed by atoms with Gasteiger partial charge in [0.2, 0.25) is 0 Å². The van der Waals surface area contributed by atoms with Gasteiger partial charge >= 0.3 is 0 Å². The number of pyridine rings is 1. The van der Waals surface area contributed by atoms with Gasteiger partial charge in [-0.15, -0.1) is 11.3 Å². The predicted octanol–water partition coefficient (Wildman–Crippen LogP) is 3.89. The molecule has 3 N–H and O–H groups in total. The lowest BCUT2D eigenvalue weighted by Gasteiger charge is -2.09.